The predicted octanol–water partition coefficient (Wildman–Crippen LogP) is 3.64. The third kappa shape index (κ3) is 2.48. The summed E-state index contributed by atoms with van der Waals surface area (Å²) in [5, 5.41) is 0. The van der Waals surface area contributed by atoms with Crippen LogP contribution in [0.5, 0.6) is 5.75 Å². The van der Waals surface area contributed by atoms with Gasteiger partial charge in [0, 0.05) is 18.7 Å². The minimum absolute atomic E-state index is 0.128. The lowest BCUT2D eigenvalue weighted by atomic mass is 10.1. The Hall–Kier alpha value is -1.56. The number of para-hydroxylation sites is 1. The van der Waals surface area contributed by atoms with E-state index in [2.05, 4.69) is 4.18 Å². The molecule has 1 aromatic carbocycles. The van der Waals surface area contributed by atoms with E-state index in [1.807, 2.05) is 0 Å². The van der Waals surface area contributed by atoms with Crippen molar-refractivity contribution in [3.8, 4) is 5.75 Å². The first kappa shape index (κ1) is 12.9. The average molecular weight is 271 g/mol. The summed E-state index contributed by atoms with van der Waals surface area (Å²) in [6.45, 7) is 1.74. The summed E-state index contributed by atoms with van der Waals surface area (Å²) in [7, 11) is 0. The first-order valence-electron chi connectivity index (χ1n) is 5.36. The zero-order chi connectivity index (χ0) is 13.1. The molecule has 1 aliphatic rings. The summed E-state index contributed by atoms with van der Waals surface area (Å²) in [4.78, 5) is 13.5. The van der Waals surface area contributed by atoms with Gasteiger partial charge in [0.1, 0.15) is 5.83 Å². The summed E-state index contributed by atoms with van der Waals surface area (Å²) in [5.74, 6) is -0.614. The maximum atomic E-state index is 13.1. The fourth-order valence-corrected chi connectivity index (χ4v) is 2.07. The Labute approximate surface area is 108 Å². The van der Waals surface area contributed by atoms with E-state index in [1.54, 1.807) is 19.1 Å². The topological polar surface area (TPSA) is 29.5 Å². The molecule has 6 heteroatoms. The number of carbonyl (C=O) groups excluding carboxylic acids is 1. The first-order valence-corrected chi connectivity index (χ1v) is 6.01. The van der Waals surface area contributed by atoms with Gasteiger partial charge in [-0.1, -0.05) is 12.1 Å². The molecule has 0 aliphatic carbocycles. The molecule has 0 radical (unpaired) electrons. The van der Waals surface area contributed by atoms with Gasteiger partial charge in [0.25, 0.3) is 18.3 Å². The number of benzene rings is 1. The van der Waals surface area contributed by atoms with Gasteiger partial charge in [0.05, 0.1) is 5.56 Å². The standard InChI is InChI=1S/C12H11F2NO2S/c1-8-6-9(13)7-15(8)12(16)10-4-2-3-5-11(10)17-18-14/h2-5,7-8H,6H2,1H3. The molecule has 1 aromatic rings. The fraction of sp³-hybridized carbons (Fsp3) is 0.250. The lowest BCUT2D eigenvalue weighted by Gasteiger charge is -2.20. The van der Waals surface area contributed by atoms with Crippen molar-refractivity contribution in [2.45, 2.75) is 19.4 Å². The van der Waals surface area contributed by atoms with Crippen molar-refractivity contribution < 1.29 is 17.3 Å². The van der Waals surface area contributed by atoms with Crippen LogP contribution in [0.15, 0.2) is 36.3 Å². The summed E-state index contributed by atoms with van der Waals surface area (Å²) >= 11 is -0.330. The maximum Gasteiger partial charge on any atom is 0.272 e. The third-order valence-electron chi connectivity index (χ3n) is 2.72. The molecule has 1 aliphatic heterocycles. The number of amides is 1. The number of carbonyl (C=O) groups is 1. The Morgan fingerprint density at radius 1 is 1.50 bits per heavy atom. The lowest BCUT2D eigenvalue weighted by molar-refractivity contribution is 0.0792. The van der Waals surface area contributed by atoms with Gasteiger partial charge in [-0.25, -0.2) is 4.39 Å². The molecule has 0 N–H and O–H groups in total. The highest BCUT2D eigenvalue weighted by Crippen LogP contribution is 2.28. The fourth-order valence-electron chi connectivity index (χ4n) is 1.86. The van der Waals surface area contributed by atoms with Gasteiger partial charge in [-0.2, -0.15) is 0 Å². The highest BCUT2D eigenvalue weighted by atomic mass is 32.2. The number of rotatable bonds is 3. The third-order valence-corrected chi connectivity index (χ3v) is 2.96. The van der Waals surface area contributed by atoms with Crippen molar-refractivity contribution in [3.05, 3.63) is 41.9 Å². The van der Waals surface area contributed by atoms with Gasteiger partial charge in [-0.05, 0) is 19.1 Å². The van der Waals surface area contributed by atoms with Crippen molar-refractivity contribution in [3.63, 3.8) is 0 Å². The van der Waals surface area contributed by atoms with Crippen molar-refractivity contribution in [2.24, 2.45) is 0 Å². The van der Waals surface area contributed by atoms with Crippen LogP contribution in [-0.4, -0.2) is 16.8 Å². The second-order valence-electron chi connectivity index (χ2n) is 3.98. The molecule has 0 fully saturated rings. The highest BCUT2D eigenvalue weighted by Gasteiger charge is 2.28. The van der Waals surface area contributed by atoms with E-state index < -0.39 is 5.91 Å². The van der Waals surface area contributed by atoms with Crippen LogP contribution in [0.3, 0.4) is 0 Å². The maximum absolute atomic E-state index is 13.1. The van der Waals surface area contributed by atoms with Crippen LogP contribution in [-0.2, 0) is 0 Å². The predicted molar refractivity (Wildman–Crippen MR) is 65.2 cm³/mol. The van der Waals surface area contributed by atoms with Crippen LogP contribution in [0.1, 0.15) is 23.7 Å². The van der Waals surface area contributed by atoms with Crippen LogP contribution >= 0.6 is 12.4 Å². The molecular weight excluding hydrogens is 260 g/mol. The highest BCUT2D eigenvalue weighted by molar-refractivity contribution is 7.89. The van der Waals surface area contributed by atoms with E-state index in [-0.39, 0.29) is 42.0 Å². The Balaban J connectivity index is 2.29. The molecule has 0 aromatic heterocycles. The summed E-state index contributed by atoms with van der Waals surface area (Å²) in [6.07, 6.45) is 1.37. The zero-order valence-corrected chi connectivity index (χ0v) is 10.4. The minimum atomic E-state index is -0.403. The lowest BCUT2D eigenvalue weighted by Crippen LogP contribution is -2.30. The Morgan fingerprint density at radius 3 is 2.83 bits per heavy atom. The van der Waals surface area contributed by atoms with Crippen LogP contribution in [0, 0.1) is 0 Å². The molecule has 18 heavy (non-hydrogen) atoms. The van der Waals surface area contributed by atoms with E-state index in [9.17, 15) is 13.1 Å². The van der Waals surface area contributed by atoms with Gasteiger partial charge < -0.3 is 9.08 Å². The minimum Gasteiger partial charge on any atom is -0.396 e. The molecule has 1 atom stereocenters. The van der Waals surface area contributed by atoms with Gasteiger partial charge in [0.15, 0.2) is 5.75 Å². The normalized spacial score (nSPS) is 18.7. The molecule has 2 rings (SSSR count). The van der Waals surface area contributed by atoms with E-state index >= 15 is 0 Å². The van der Waals surface area contributed by atoms with Crippen LogP contribution in [0.2, 0.25) is 0 Å². The molecule has 3 nitrogen and oxygen atoms in total. The number of hydrogen-bond donors (Lipinski definition) is 0. The molecule has 96 valence electrons. The molecule has 1 amide bonds. The largest absolute Gasteiger partial charge is 0.396 e. The Morgan fingerprint density at radius 2 is 2.22 bits per heavy atom. The van der Waals surface area contributed by atoms with Crippen molar-refractivity contribution >= 4 is 18.3 Å². The van der Waals surface area contributed by atoms with Crippen LogP contribution in [0.4, 0.5) is 8.28 Å². The Kier molecular flexibility index (Phi) is 3.86. The number of hydrogen-bond acceptors (Lipinski definition) is 3. The van der Waals surface area contributed by atoms with Gasteiger partial charge >= 0.3 is 0 Å². The summed E-state index contributed by atoms with van der Waals surface area (Å²) < 4.78 is 29.9. The quantitative estimate of drug-likeness (QED) is 0.786. The van der Waals surface area contributed by atoms with Gasteiger partial charge in [-0.3, -0.25) is 4.79 Å². The summed E-state index contributed by atoms with van der Waals surface area (Å²) in [5.41, 5.74) is 0.209. The van der Waals surface area contributed by atoms with E-state index in [0.29, 0.717) is 0 Å². The van der Waals surface area contributed by atoms with Crippen molar-refractivity contribution in [1.29, 1.82) is 0 Å². The van der Waals surface area contributed by atoms with Crippen molar-refractivity contribution in [1.82, 2.24) is 4.90 Å². The molecular formula is C12H11F2NO2S. The molecule has 0 spiro atoms. The van der Waals surface area contributed by atoms with E-state index in [1.165, 1.54) is 23.2 Å². The monoisotopic (exact) mass is 271 g/mol. The Bertz CT molecular complexity index is 493. The molecule has 1 heterocycles. The molecule has 0 saturated carbocycles. The zero-order valence-electron chi connectivity index (χ0n) is 9.60. The van der Waals surface area contributed by atoms with Crippen LogP contribution < -0.4 is 4.18 Å². The van der Waals surface area contributed by atoms with Gasteiger partial charge in [0.2, 0.25) is 0 Å². The SMILES string of the molecule is CC1CC(F)=CN1C(=O)c1ccccc1OSF. The summed E-state index contributed by atoms with van der Waals surface area (Å²) in [6, 6.07) is 6.03. The second-order valence-corrected chi connectivity index (χ2v) is 4.28. The second kappa shape index (κ2) is 5.39. The number of halogens is 2. The van der Waals surface area contributed by atoms with Crippen LogP contribution in [0.25, 0.3) is 0 Å². The van der Waals surface area contributed by atoms with Gasteiger partial charge in [-0.15, -0.1) is 3.89 Å². The van der Waals surface area contributed by atoms with E-state index in [4.69, 9.17) is 0 Å². The number of nitrogens with zero attached hydrogens (tertiary/aromatic N) is 1. The molecule has 0 bridgehead atoms. The van der Waals surface area contributed by atoms with Crippen molar-refractivity contribution in [2.75, 3.05) is 0 Å². The molecule has 1 unspecified atom stereocenters. The average Bonchev–Trinajstić information content (AvgIpc) is 2.69. The van der Waals surface area contributed by atoms with E-state index in [0.717, 1.165) is 0 Å². The smallest absolute Gasteiger partial charge is 0.272 e. The molecule has 0 saturated heterocycles. The first-order chi connectivity index (χ1) is 8.63.